The minimum atomic E-state index is 0.615. The summed E-state index contributed by atoms with van der Waals surface area (Å²) in [6.07, 6.45) is 5.75. The molecule has 1 N–H and O–H groups in total. The van der Waals surface area contributed by atoms with Crippen LogP contribution in [0.2, 0.25) is 0 Å². The third kappa shape index (κ3) is 1.86. The van der Waals surface area contributed by atoms with Gasteiger partial charge in [-0.15, -0.1) is 0 Å². The first kappa shape index (κ1) is 12.9. The molecule has 0 aromatic heterocycles. The zero-order valence-corrected chi connectivity index (χ0v) is 12.8. The Morgan fingerprint density at radius 2 is 1.70 bits per heavy atom. The zero-order valence-electron chi connectivity index (χ0n) is 12.8. The van der Waals surface area contributed by atoms with Gasteiger partial charge in [0.15, 0.2) is 0 Å². The second-order valence-corrected chi connectivity index (χ2v) is 7.20. The van der Waals surface area contributed by atoms with Crippen molar-refractivity contribution in [2.24, 2.45) is 29.6 Å². The molecule has 0 amide bonds. The van der Waals surface area contributed by atoms with Gasteiger partial charge in [-0.3, -0.25) is 0 Å². The lowest BCUT2D eigenvalue weighted by Crippen LogP contribution is -2.25. The van der Waals surface area contributed by atoms with Crippen molar-refractivity contribution in [2.75, 3.05) is 6.54 Å². The molecule has 2 bridgehead atoms. The molecule has 0 aliphatic heterocycles. The van der Waals surface area contributed by atoms with Gasteiger partial charge in [-0.05, 0) is 72.9 Å². The molecule has 3 aliphatic carbocycles. The number of nitrogens with one attached hydrogen (secondary N) is 1. The Morgan fingerprint density at radius 3 is 2.25 bits per heavy atom. The zero-order chi connectivity index (χ0) is 13.7. The van der Waals surface area contributed by atoms with E-state index < -0.39 is 0 Å². The average molecular weight is 269 g/mol. The highest BCUT2D eigenvalue weighted by Gasteiger charge is 2.66. The first-order chi connectivity index (χ1) is 9.83. The van der Waals surface area contributed by atoms with Gasteiger partial charge < -0.3 is 5.32 Å². The number of hydrogen-bond donors (Lipinski definition) is 1. The molecule has 0 saturated heterocycles. The molecule has 108 valence electrons. The molecule has 0 radical (unpaired) electrons. The minimum absolute atomic E-state index is 0.615. The van der Waals surface area contributed by atoms with Crippen LogP contribution in [0.1, 0.15) is 50.3 Å². The summed E-state index contributed by atoms with van der Waals surface area (Å²) < 4.78 is 0. The summed E-state index contributed by atoms with van der Waals surface area (Å²) in [7, 11) is 0. The Morgan fingerprint density at radius 1 is 1.05 bits per heavy atom. The van der Waals surface area contributed by atoms with Crippen LogP contribution in [0.5, 0.6) is 0 Å². The Hall–Kier alpha value is -0.820. The highest BCUT2D eigenvalue weighted by atomic mass is 14.9. The molecule has 5 unspecified atom stereocenters. The molecule has 0 heterocycles. The van der Waals surface area contributed by atoms with E-state index in [4.69, 9.17) is 0 Å². The minimum Gasteiger partial charge on any atom is -0.310 e. The molecule has 1 aromatic rings. The van der Waals surface area contributed by atoms with Gasteiger partial charge in [0.05, 0.1) is 0 Å². The molecule has 3 saturated carbocycles. The fraction of sp³-hybridized carbons (Fsp3) is 0.684. The lowest BCUT2D eigenvalue weighted by Gasteiger charge is -2.22. The van der Waals surface area contributed by atoms with Crippen molar-refractivity contribution in [1.82, 2.24) is 5.32 Å². The maximum atomic E-state index is 3.80. The van der Waals surface area contributed by atoms with Gasteiger partial charge in [-0.25, -0.2) is 0 Å². The van der Waals surface area contributed by atoms with E-state index in [1.54, 1.807) is 6.42 Å². The number of fused-ring (bicyclic) bond motifs is 5. The molecule has 1 aromatic carbocycles. The van der Waals surface area contributed by atoms with Crippen molar-refractivity contribution in [2.45, 2.75) is 45.6 Å². The van der Waals surface area contributed by atoms with E-state index in [1.165, 1.54) is 24.0 Å². The van der Waals surface area contributed by atoms with Crippen LogP contribution in [0.15, 0.2) is 24.3 Å². The lowest BCUT2D eigenvalue weighted by atomic mass is 9.92. The van der Waals surface area contributed by atoms with E-state index in [-0.39, 0.29) is 0 Å². The first-order valence-corrected chi connectivity index (χ1v) is 8.65. The Bertz CT molecular complexity index is 461. The van der Waals surface area contributed by atoms with Crippen LogP contribution in [-0.2, 0) is 6.42 Å². The molecule has 20 heavy (non-hydrogen) atoms. The summed E-state index contributed by atoms with van der Waals surface area (Å²) in [5.74, 6) is 5.21. The van der Waals surface area contributed by atoms with E-state index in [0.29, 0.717) is 6.04 Å². The van der Waals surface area contributed by atoms with E-state index in [9.17, 15) is 0 Å². The van der Waals surface area contributed by atoms with Gasteiger partial charge in [-0.1, -0.05) is 38.1 Å². The summed E-state index contributed by atoms with van der Waals surface area (Å²) in [6, 6.07) is 10.0. The monoisotopic (exact) mass is 269 g/mol. The average Bonchev–Trinajstić information content (AvgIpc) is 2.90. The van der Waals surface area contributed by atoms with Gasteiger partial charge in [0.25, 0.3) is 0 Å². The Kier molecular flexibility index (Phi) is 3.14. The van der Waals surface area contributed by atoms with Crippen LogP contribution in [0.25, 0.3) is 0 Å². The van der Waals surface area contributed by atoms with Crippen molar-refractivity contribution in [3.8, 4) is 0 Å². The molecule has 1 heteroatoms. The van der Waals surface area contributed by atoms with Crippen molar-refractivity contribution in [3.05, 3.63) is 35.4 Å². The van der Waals surface area contributed by atoms with Crippen molar-refractivity contribution in [1.29, 1.82) is 0 Å². The van der Waals surface area contributed by atoms with Crippen LogP contribution in [-0.4, -0.2) is 6.54 Å². The van der Waals surface area contributed by atoms with Gasteiger partial charge in [-0.2, -0.15) is 0 Å². The molecular formula is C19H27N. The molecule has 3 aliphatic rings. The molecule has 0 spiro atoms. The lowest BCUT2D eigenvalue weighted by molar-refractivity contribution is 0.374. The summed E-state index contributed by atoms with van der Waals surface area (Å²) in [5, 5.41) is 3.80. The van der Waals surface area contributed by atoms with E-state index in [1.807, 2.05) is 0 Å². The second-order valence-electron chi connectivity index (χ2n) is 7.20. The van der Waals surface area contributed by atoms with E-state index in [0.717, 1.165) is 42.6 Å². The maximum Gasteiger partial charge on any atom is 0.0354 e. The van der Waals surface area contributed by atoms with Crippen molar-refractivity contribution >= 4 is 0 Å². The smallest absolute Gasteiger partial charge is 0.0354 e. The summed E-state index contributed by atoms with van der Waals surface area (Å²) in [5.41, 5.74) is 2.99. The Labute approximate surface area is 123 Å². The van der Waals surface area contributed by atoms with Gasteiger partial charge in [0.2, 0.25) is 0 Å². The second kappa shape index (κ2) is 4.87. The van der Waals surface area contributed by atoms with Crippen LogP contribution in [0, 0.1) is 29.6 Å². The fourth-order valence-corrected chi connectivity index (χ4v) is 5.50. The third-order valence-corrected chi connectivity index (χ3v) is 6.35. The van der Waals surface area contributed by atoms with Crippen LogP contribution < -0.4 is 5.32 Å². The highest BCUT2D eigenvalue weighted by Crippen LogP contribution is 2.72. The topological polar surface area (TPSA) is 12.0 Å². The largest absolute Gasteiger partial charge is 0.310 e. The summed E-state index contributed by atoms with van der Waals surface area (Å²) in [4.78, 5) is 0. The summed E-state index contributed by atoms with van der Waals surface area (Å²) in [6.45, 7) is 5.57. The number of benzene rings is 1. The SMILES string of the molecule is CCNC(c1ccc(CC)cc1)C1C2C3CCC(C3)C21. The van der Waals surface area contributed by atoms with Crippen LogP contribution in [0.4, 0.5) is 0 Å². The molecule has 4 rings (SSSR count). The van der Waals surface area contributed by atoms with Crippen molar-refractivity contribution < 1.29 is 0 Å². The number of aryl methyl sites for hydroxylation is 1. The van der Waals surface area contributed by atoms with Gasteiger partial charge in [0.1, 0.15) is 0 Å². The van der Waals surface area contributed by atoms with Crippen molar-refractivity contribution in [3.63, 3.8) is 0 Å². The predicted octanol–water partition coefficient (Wildman–Crippen LogP) is 4.19. The van der Waals surface area contributed by atoms with Crippen LogP contribution >= 0.6 is 0 Å². The predicted molar refractivity (Wildman–Crippen MR) is 83.5 cm³/mol. The van der Waals surface area contributed by atoms with Gasteiger partial charge >= 0.3 is 0 Å². The normalized spacial score (nSPS) is 38.8. The Balaban J connectivity index is 1.56. The molecule has 3 fully saturated rings. The van der Waals surface area contributed by atoms with E-state index >= 15 is 0 Å². The molecule has 1 nitrogen and oxygen atoms in total. The summed E-state index contributed by atoms with van der Waals surface area (Å²) >= 11 is 0. The number of hydrogen-bond acceptors (Lipinski definition) is 1. The number of rotatable bonds is 5. The quantitative estimate of drug-likeness (QED) is 0.845. The van der Waals surface area contributed by atoms with Gasteiger partial charge in [0, 0.05) is 6.04 Å². The van der Waals surface area contributed by atoms with Crippen LogP contribution in [0.3, 0.4) is 0 Å². The highest BCUT2D eigenvalue weighted by molar-refractivity contribution is 5.29. The first-order valence-electron chi connectivity index (χ1n) is 8.65. The standard InChI is InChI=1S/C19H27N/c1-3-12-5-7-13(8-6-12)19(20-4-2)18-16-14-9-10-15(11-14)17(16)18/h5-8,14-20H,3-4,9-11H2,1-2H3. The third-order valence-electron chi connectivity index (χ3n) is 6.35. The molecule has 5 atom stereocenters. The van der Waals surface area contributed by atoms with E-state index in [2.05, 4.69) is 43.4 Å². The fourth-order valence-electron chi connectivity index (χ4n) is 5.50. The maximum absolute atomic E-state index is 3.80. The molecular weight excluding hydrogens is 242 g/mol.